The zero-order valence-corrected chi connectivity index (χ0v) is 12.5. The van der Waals surface area contributed by atoms with Gasteiger partial charge in [0.2, 0.25) is 0 Å². The second-order valence-electron chi connectivity index (χ2n) is 4.18. The molecule has 0 bridgehead atoms. The topological polar surface area (TPSA) is 102 Å². The predicted octanol–water partition coefficient (Wildman–Crippen LogP) is 1.90. The van der Waals surface area contributed by atoms with Crippen molar-refractivity contribution in [3.8, 4) is 11.8 Å². The molecule has 0 aliphatic heterocycles. The first-order valence-electron chi connectivity index (χ1n) is 6.34. The largest absolute Gasteiger partial charge is 0.515 e. The van der Waals surface area contributed by atoms with E-state index >= 15 is 0 Å². The van der Waals surface area contributed by atoms with Crippen LogP contribution in [0.2, 0.25) is 0 Å². The highest BCUT2D eigenvalue weighted by molar-refractivity contribution is 5.66. The minimum absolute atomic E-state index is 0.0979. The van der Waals surface area contributed by atoms with Gasteiger partial charge in [-0.2, -0.15) is 0 Å². The van der Waals surface area contributed by atoms with Crippen molar-refractivity contribution in [2.24, 2.45) is 0 Å². The summed E-state index contributed by atoms with van der Waals surface area (Å²) in [6.45, 7) is -0.354. The molecule has 0 saturated carbocycles. The number of benzene rings is 1. The molecule has 2 rings (SSSR count). The fourth-order valence-corrected chi connectivity index (χ4v) is 1.63. The Bertz CT molecular complexity index is 764. The van der Waals surface area contributed by atoms with Crippen LogP contribution in [-0.4, -0.2) is 41.5 Å². The summed E-state index contributed by atoms with van der Waals surface area (Å²) in [6.07, 6.45) is -2.30. The van der Waals surface area contributed by atoms with Crippen molar-refractivity contribution in [2.45, 2.75) is 6.54 Å². The van der Waals surface area contributed by atoms with Gasteiger partial charge in [0.05, 0.1) is 20.8 Å². The van der Waals surface area contributed by atoms with E-state index < -0.39 is 35.7 Å². The maximum absolute atomic E-state index is 13.7. The van der Waals surface area contributed by atoms with Gasteiger partial charge in [0.1, 0.15) is 0 Å². The van der Waals surface area contributed by atoms with Crippen molar-refractivity contribution >= 4 is 12.3 Å². The van der Waals surface area contributed by atoms with Gasteiger partial charge in [0.25, 0.3) is 5.88 Å². The van der Waals surface area contributed by atoms with Crippen LogP contribution in [0.3, 0.4) is 0 Å². The van der Waals surface area contributed by atoms with Crippen LogP contribution in [0, 0.1) is 11.6 Å². The summed E-state index contributed by atoms with van der Waals surface area (Å²) in [7, 11) is 2.10. The molecule has 1 aromatic carbocycles. The first-order valence-corrected chi connectivity index (χ1v) is 6.34. The molecule has 1 heterocycles. The number of hydrogen-bond acceptors (Lipinski definition) is 8. The second kappa shape index (κ2) is 7.35. The Morgan fingerprint density at radius 3 is 2.46 bits per heavy atom. The lowest BCUT2D eigenvalue weighted by Crippen LogP contribution is -2.15. The molecule has 0 fully saturated rings. The predicted molar refractivity (Wildman–Crippen MR) is 71.5 cm³/mol. The smallest absolute Gasteiger partial charge is 0.437 e. The molecule has 24 heavy (non-hydrogen) atoms. The van der Waals surface area contributed by atoms with Crippen LogP contribution in [0.1, 0.15) is 5.56 Å². The maximum Gasteiger partial charge on any atom is 0.515 e. The lowest BCUT2D eigenvalue weighted by Gasteiger charge is -2.08. The number of aromatic nitrogens is 3. The Balaban J connectivity index is 2.36. The van der Waals surface area contributed by atoms with E-state index in [0.717, 1.165) is 25.0 Å². The molecule has 1 aromatic heterocycles. The minimum Gasteiger partial charge on any atom is -0.437 e. The van der Waals surface area contributed by atoms with Crippen LogP contribution in [0.15, 0.2) is 18.2 Å². The Morgan fingerprint density at radius 2 is 1.79 bits per heavy atom. The molecule has 0 amide bonds. The monoisotopic (exact) mass is 343 g/mol. The van der Waals surface area contributed by atoms with Crippen molar-refractivity contribution in [3.05, 3.63) is 35.4 Å². The van der Waals surface area contributed by atoms with Crippen molar-refractivity contribution in [3.63, 3.8) is 0 Å². The summed E-state index contributed by atoms with van der Waals surface area (Å²) in [5.74, 6) is -3.12. The van der Waals surface area contributed by atoms with E-state index in [1.165, 1.54) is 12.1 Å². The van der Waals surface area contributed by atoms with Gasteiger partial charge < -0.3 is 18.9 Å². The van der Waals surface area contributed by atoms with Gasteiger partial charge >= 0.3 is 18.2 Å². The molecule has 128 valence electrons. The number of hydrogen-bond donors (Lipinski definition) is 0. The van der Waals surface area contributed by atoms with Gasteiger partial charge in [-0.1, -0.05) is 22.4 Å². The number of methoxy groups -OCH3 is 2. The molecule has 2 aromatic rings. The fourth-order valence-electron chi connectivity index (χ4n) is 1.63. The van der Waals surface area contributed by atoms with Crippen LogP contribution in [0.25, 0.3) is 0 Å². The lowest BCUT2D eigenvalue weighted by molar-refractivity contribution is 0.107. The van der Waals surface area contributed by atoms with Crippen LogP contribution in [0.5, 0.6) is 11.8 Å². The van der Waals surface area contributed by atoms with Gasteiger partial charge in [-0.25, -0.2) is 23.1 Å². The average Bonchev–Trinajstić information content (AvgIpc) is 2.93. The average molecular weight is 343 g/mol. The van der Waals surface area contributed by atoms with Gasteiger partial charge in [-0.3, -0.25) is 0 Å². The van der Waals surface area contributed by atoms with Crippen molar-refractivity contribution in [1.29, 1.82) is 0 Å². The normalized spacial score (nSPS) is 10.2. The molecule has 11 heteroatoms. The van der Waals surface area contributed by atoms with Crippen LogP contribution >= 0.6 is 0 Å². The number of rotatable bonds is 4. The standard InChI is InChI=1S/C13H11F2N3O6/c1-21-12(19)23-10-11(24-13(20)22-2)18(17-16-10)6-7-4-3-5-8(14)9(7)15/h3-5H,6H2,1-2H3. The SMILES string of the molecule is COC(=O)Oc1nnn(Cc2cccc(F)c2F)c1OC(=O)OC. The summed E-state index contributed by atoms with van der Waals surface area (Å²) in [5.41, 5.74) is -0.0979. The zero-order valence-electron chi connectivity index (χ0n) is 12.5. The Labute approximate surface area is 133 Å². The lowest BCUT2D eigenvalue weighted by atomic mass is 10.2. The Morgan fingerprint density at radius 1 is 1.12 bits per heavy atom. The fraction of sp³-hybridized carbons (Fsp3) is 0.231. The van der Waals surface area contributed by atoms with Gasteiger partial charge in [-0.15, -0.1) is 0 Å². The van der Waals surface area contributed by atoms with Crippen LogP contribution < -0.4 is 9.47 Å². The summed E-state index contributed by atoms with van der Waals surface area (Å²) in [4.78, 5) is 22.4. The number of ether oxygens (including phenoxy) is 4. The zero-order chi connectivity index (χ0) is 17.7. The number of carbonyl (C=O) groups excluding carboxylic acids is 2. The molecule has 0 unspecified atom stereocenters. The molecular weight excluding hydrogens is 332 g/mol. The molecule has 9 nitrogen and oxygen atoms in total. The molecule has 0 atom stereocenters. The molecule has 0 saturated heterocycles. The third kappa shape index (κ3) is 3.74. The van der Waals surface area contributed by atoms with E-state index in [9.17, 15) is 18.4 Å². The summed E-state index contributed by atoms with van der Waals surface area (Å²) >= 11 is 0. The van der Waals surface area contributed by atoms with Gasteiger partial charge in [0.15, 0.2) is 11.6 Å². The molecule has 0 aliphatic carbocycles. The number of carbonyl (C=O) groups is 2. The van der Waals surface area contributed by atoms with Crippen LogP contribution in [-0.2, 0) is 16.0 Å². The first-order chi connectivity index (χ1) is 11.5. The minimum atomic E-state index is -1.16. The van der Waals surface area contributed by atoms with E-state index in [0.29, 0.717) is 0 Å². The van der Waals surface area contributed by atoms with Crippen molar-refractivity contribution in [1.82, 2.24) is 15.0 Å². The van der Waals surface area contributed by atoms with Crippen molar-refractivity contribution < 1.29 is 37.3 Å². The first kappa shape index (κ1) is 17.1. The highest BCUT2D eigenvalue weighted by Gasteiger charge is 2.23. The quantitative estimate of drug-likeness (QED) is 0.776. The third-order valence-electron chi connectivity index (χ3n) is 2.71. The third-order valence-corrected chi connectivity index (χ3v) is 2.71. The Hall–Kier alpha value is -3.24. The second-order valence-corrected chi connectivity index (χ2v) is 4.18. The summed E-state index contributed by atoms with van der Waals surface area (Å²) in [5, 5.41) is 7.05. The van der Waals surface area contributed by atoms with Crippen molar-refractivity contribution in [2.75, 3.05) is 14.2 Å². The highest BCUT2D eigenvalue weighted by Crippen LogP contribution is 2.26. The molecule has 0 N–H and O–H groups in total. The molecule has 0 aliphatic rings. The van der Waals surface area contributed by atoms with E-state index in [4.69, 9.17) is 4.74 Å². The maximum atomic E-state index is 13.7. The van der Waals surface area contributed by atoms with E-state index in [1.54, 1.807) is 0 Å². The number of halogens is 2. The number of nitrogens with zero attached hydrogens (tertiary/aromatic N) is 3. The van der Waals surface area contributed by atoms with Gasteiger partial charge in [-0.05, 0) is 6.07 Å². The molecule has 0 radical (unpaired) electrons. The van der Waals surface area contributed by atoms with E-state index in [2.05, 4.69) is 24.5 Å². The van der Waals surface area contributed by atoms with Crippen LogP contribution in [0.4, 0.5) is 18.4 Å². The van der Waals surface area contributed by atoms with Gasteiger partial charge in [0, 0.05) is 5.56 Å². The Kier molecular flexibility index (Phi) is 5.24. The van der Waals surface area contributed by atoms with E-state index in [-0.39, 0.29) is 12.1 Å². The van der Waals surface area contributed by atoms with E-state index in [1.807, 2.05) is 0 Å². The highest BCUT2D eigenvalue weighted by atomic mass is 19.2. The molecular formula is C13H11F2N3O6. The summed E-state index contributed by atoms with van der Waals surface area (Å²) in [6, 6.07) is 3.53. The summed E-state index contributed by atoms with van der Waals surface area (Å²) < 4.78 is 45.9. The molecule has 0 spiro atoms.